The van der Waals surface area contributed by atoms with Crippen molar-refractivity contribution in [2.75, 3.05) is 31.6 Å². The number of benzene rings is 1. The summed E-state index contributed by atoms with van der Waals surface area (Å²) in [4.78, 5) is 26.9. The Labute approximate surface area is 196 Å². The predicted octanol–water partition coefficient (Wildman–Crippen LogP) is 2.72. The molecule has 3 unspecified atom stereocenters. The van der Waals surface area contributed by atoms with Crippen molar-refractivity contribution in [3.63, 3.8) is 0 Å². The van der Waals surface area contributed by atoms with Crippen molar-refractivity contribution in [1.29, 1.82) is 5.26 Å². The number of nitriles is 1. The van der Waals surface area contributed by atoms with Crippen molar-refractivity contribution in [1.82, 2.24) is 14.7 Å². The number of carbonyl (C=O) groups is 2. The van der Waals surface area contributed by atoms with E-state index in [0.29, 0.717) is 35.8 Å². The van der Waals surface area contributed by atoms with E-state index in [4.69, 9.17) is 22.1 Å². The zero-order valence-corrected chi connectivity index (χ0v) is 18.8. The van der Waals surface area contributed by atoms with E-state index < -0.39 is 5.91 Å². The van der Waals surface area contributed by atoms with Gasteiger partial charge in [-0.15, -0.1) is 0 Å². The van der Waals surface area contributed by atoms with Crippen LogP contribution in [-0.2, 0) is 9.53 Å². The molecule has 2 saturated heterocycles. The van der Waals surface area contributed by atoms with Gasteiger partial charge < -0.3 is 20.7 Å². The molecule has 172 valence electrons. The summed E-state index contributed by atoms with van der Waals surface area (Å²) in [5.41, 5.74) is 6.71. The van der Waals surface area contributed by atoms with E-state index in [-0.39, 0.29) is 34.8 Å². The fraction of sp³-hybridized carbons (Fsp3) is 0.478. The minimum Gasteiger partial charge on any atom is -0.380 e. The quantitative estimate of drug-likeness (QED) is 0.694. The van der Waals surface area contributed by atoms with Gasteiger partial charge in [0.25, 0.3) is 5.91 Å². The van der Waals surface area contributed by atoms with Crippen LogP contribution < -0.4 is 11.1 Å². The van der Waals surface area contributed by atoms with Crippen molar-refractivity contribution >= 4 is 34.9 Å². The van der Waals surface area contributed by atoms with E-state index >= 15 is 0 Å². The monoisotopic (exact) mass is 468 g/mol. The summed E-state index contributed by atoms with van der Waals surface area (Å²) in [5.74, 6) is -0.703. The van der Waals surface area contributed by atoms with Crippen molar-refractivity contribution < 1.29 is 14.3 Å². The molecule has 1 aromatic heterocycles. The molecule has 3 aliphatic rings. The molecule has 1 saturated carbocycles. The van der Waals surface area contributed by atoms with E-state index in [2.05, 4.69) is 16.5 Å². The number of hydrogen-bond acceptors (Lipinski definition) is 6. The van der Waals surface area contributed by atoms with Crippen LogP contribution in [0.15, 0.2) is 30.5 Å². The standard InChI is InChI=1S/C23H25ClN6O3/c24-16-2-4-17(5-3-16)27-21-18(20(26)31)9-30(28-21)19-6-1-14(7-15(19)8-25)22(32)29-10-23(11-29)12-33-13-23/h2-5,9,14-15,19H,1,6-7,10-13H2,(H2,26,31)(H,27,28). The van der Waals surface area contributed by atoms with Crippen LogP contribution >= 0.6 is 11.6 Å². The first kappa shape index (κ1) is 21.7. The van der Waals surface area contributed by atoms with Crippen molar-refractivity contribution in [2.45, 2.75) is 25.3 Å². The lowest BCUT2D eigenvalue weighted by Gasteiger charge is -2.55. The minimum absolute atomic E-state index is 0.134. The Bertz CT molecular complexity index is 1110. The molecule has 33 heavy (non-hydrogen) atoms. The number of halogens is 1. The number of amides is 2. The number of hydrogen-bond donors (Lipinski definition) is 2. The van der Waals surface area contributed by atoms with Crippen LogP contribution in [0.1, 0.15) is 35.7 Å². The van der Waals surface area contributed by atoms with Gasteiger partial charge in [-0.25, -0.2) is 0 Å². The third kappa shape index (κ3) is 4.05. The van der Waals surface area contributed by atoms with Gasteiger partial charge in [0.1, 0.15) is 5.56 Å². The van der Waals surface area contributed by atoms with Crippen molar-refractivity contribution in [3.05, 3.63) is 41.0 Å². The molecular formula is C23H25ClN6O3. The van der Waals surface area contributed by atoms with E-state index in [1.807, 2.05) is 4.90 Å². The molecule has 10 heteroatoms. The first-order valence-corrected chi connectivity index (χ1v) is 11.4. The Balaban J connectivity index is 1.29. The molecule has 3 atom stereocenters. The molecule has 1 aliphatic carbocycles. The number of aromatic nitrogens is 2. The summed E-state index contributed by atoms with van der Waals surface area (Å²) < 4.78 is 6.94. The van der Waals surface area contributed by atoms with Crippen LogP contribution in [0.2, 0.25) is 5.02 Å². The Morgan fingerprint density at radius 3 is 2.58 bits per heavy atom. The molecule has 1 spiro atoms. The third-order valence-corrected chi connectivity index (χ3v) is 7.21. The van der Waals surface area contributed by atoms with Crippen LogP contribution in [0.3, 0.4) is 0 Å². The minimum atomic E-state index is -0.609. The van der Waals surface area contributed by atoms with Gasteiger partial charge in [-0.3, -0.25) is 14.3 Å². The zero-order chi connectivity index (χ0) is 23.2. The van der Waals surface area contributed by atoms with Crippen LogP contribution in [0, 0.1) is 28.6 Å². The maximum absolute atomic E-state index is 13.0. The van der Waals surface area contributed by atoms with Crippen LogP contribution in [0.5, 0.6) is 0 Å². The fourth-order valence-corrected chi connectivity index (χ4v) is 5.22. The predicted molar refractivity (Wildman–Crippen MR) is 121 cm³/mol. The first-order valence-electron chi connectivity index (χ1n) is 11.1. The Morgan fingerprint density at radius 2 is 1.97 bits per heavy atom. The summed E-state index contributed by atoms with van der Waals surface area (Å²) in [5, 5.41) is 18.1. The molecule has 3 fully saturated rings. The van der Waals surface area contributed by atoms with Crippen molar-refractivity contribution in [2.24, 2.45) is 23.0 Å². The summed E-state index contributed by atoms with van der Waals surface area (Å²) in [6.07, 6.45) is 3.36. The topological polar surface area (TPSA) is 126 Å². The molecule has 2 amide bonds. The molecule has 3 N–H and O–H groups in total. The second kappa shape index (κ2) is 8.36. The molecule has 1 aromatic carbocycles. The van der Waals surface area contributed by atoms with E-state index in [9.17, 15) is 14.9 Å². The van der Waals surface area contributed by atoms with Gasteiger partial charge in [-0.05, 0) is 43.5 Å². The molecular weight excluding hydrogens is 444 g/mol. The zero-order valence-electron chi connectivity index (χ0n) is 18.0. The van der Waals surface area contributed by atoms with Gasteiger partial charge in [-0.2, -0.15) is 10.4 Å². The highest BCUT2D eigenvalue weighted by atomic mass is 35.5. The summed E-state index contributed by atoms with van der Waals surface area (Å²) in [7, 11) is 0. The number of nitrogens with one attached hydrogen (secondary N) is 1. The number of rotatable bonds is 5. The lowest BCUT2D eigenvalue weighted by atomic mass is 9.74. The maximum Gasteiger partial charge on any atom is 0.254 e. The summed E-state index contributed by atoms with van der Waals surface area (Å²) >= 11 is 5.94. The Kier molecular flexibility index (Phi) is 5.51. The van der Waals surface area contributed by atoms with Gasteiger partial charge >= 0.3 is 0 Å². The summed E-state index contributed by atoms with van der Waals surface area (Å²) in [6, 6.07) is 9.13. The van der Waals surface area contributed by atoms with E-state index in [1.54, 1.807) is 35.1 Å². The lowest BCUT2D eigenvalue weighted by Crippen LogP contribution is -2.68. The highest BCUT2D eigenvalue weighted by Gasteiger charge is 2.52. The molecule has 9 nitrogen and oxygen atoms in total. The highest BCUT2D eigenvalue weighted by Crippen LogP contribution is 2.42. The number of carbonyl (C=O) groups excluding carboxylic acids is 2. The van der Waals surface area contributed by atoms with E-state index in [0.717, 1.165) is 26.3 Å². The first-order chi connectivity index (χ1) is 15.9. The van der Waals surface area contributed by atoms with Crippen LogP contribution in [-0.4, -0.2) is 52.8 Å². The average Bonchev–Trinajstić information content (AvgIpc) is 3.16. The smallest absolute Gasteiger partial charge is 0.254 e. The normalized spacial score (nSPS) is 25.6. The average molecular weight is 469 g/mol. The number of primary amides is 1. The Morgan fingerprint density at radius 1 is 1.24 bits per heavy atom. The number of nitrogens with zero attached hydrogens (tertiary/aromatic N) is 4. The molecule has 2 aliphatic heterocycles. The van der Waals surface area contributed by atoms with Crippen LogP contribution in [0.25, 0.3) is 0 Å². The molecule has 0 bridgehead atoms. The van der Waals surface area contributed by atoms with Gasteiger partial charge in [-0.1, -0.05) is 11.6 Å². The fourth-order valence-electron chi connectivity index (χ4n) is 5.09. The van der Waals surface area contributed by atoms with Gasteiger partial charge in [0.05, 0.1) is 36.7 Å². The number of likely N-dealkylation sites (tertiary alicyclic amines) is 1. The van der Waals surface area contributed by atoms with Gasteiger partial charge in [0, 0.05) is 35.9 Å². The van der Waals surface area contributed by atoms with Gasteiger partial charge in [0.2, 0.25) is 5.91 Å². The van der Waals surface area contributed by atoms with Crippen molar-refractivity contribution in [3.8, 4) is 6.07 Å². The molecule has 5 rings (SSSR count). The van der Waals surface area contributed by atoms with Gasteiger partial charge in [0.15, 0.2) is 5.82 Å². The van der Waals surface area contributed by atoms with Crippen LogP contribution in [0.4, 0.5) is 11.5 Å². The molecule has 0 radical (unpaired) electrons. The Hall–Kier alpha value is -3.09. The van der Waals surface area contributed by atoms with E-state index in [1.165, 1.54) is 0 Å². The largest absolute Gasteiger partial charge is 0.380 e. The maximum atomic E-state index is 13.0. The second-order valence-corrected chi connectivity index (χ2v) is 9.80. The number of ether oxygens (including phenoxy) is 1. The summed E-state index contributed by atoms with van der Waals surface area (Å²) in [6.45, 7) is 2.98. The highest BCUT2D eigenvalue weighted by molar-refractivity contribution is 6.30. The number of anilines is 2. The number of nitrogens with two attached hydrogens (primary N) is 1. The third-order valence-electron chi connectivity index (χ3n) is 6.95. The SMILES string of the molecule is N#CC1CC(C(=O)N2CC3(COC3)C2)CCC1n1cc(C(N)=O)c(Nc2ccc(Cl)cc2)n1. The molecule has 2 aromatic rings. The molecule has 3 heterocycles. The lowest BCUT2D eigenvalue weighted by molar-refractivity contribution is -0.198. The second-order valence-electron chi connectivity index (χ2n) is 9.37.